The third-order valence-corrected chi connectivity index (χ3v) is 5.37. The van der Waals surface area contributed by atoms with Gasteiger partial charge in [-0.3, -0.25) is 4.90 Å². The van der Waals surface area contributed by atoms with E-state index >= 15 is 0 Å². The number of aromatic carboxylic acids is 1. The number of hydrogen-bond acceptors (Lipinski definition) is 5. The molecule has 2 fully saturated rings. The van der Waals surface area contributed by atoms with Crippen LogP contribution in [0.25, 0.3) is 0 Å². The highest BCUT2D eigenvalue weighted by atomic mass is 35.5. The lowest BCUT2D eigenvalue weighted by molar-refractivity contribution is 0.0702. The van der Waals surface area contributed by atoms with E-state index in [1.165, 1.54) is 37.1 Å². The third kappa shape index (κ3) is 2.57. The monoisotopic (exact) mass is 301 g/mol. The summed E-state index contributed by atoms with van der Waals surface area (Å²) in [6.45, 7) is 4.06. The molecule has 1 N–H and O–H groups in total. The number of carboxylic acid groups (broad SMARTS) is 1. The molecule has 1 aromatic rings. The fourth-order valence-electron chi connectivity index (χ4n) is 2.89. The summed E-state index contributed by atoms with van der Waals surface area (Å²) in [5.74, 6) is -0.995. The van der Waals surface area contributed by atoms with E-state index in [9.17, 15) is 4.79 Å². The molecule has 0 aliphatic carbocycles. The van der Waals surface area contributed by atoms with E-state index in [-0.39, 0.29) is 10.0 Å². The number of fused-ring (bicyclic) bond motifs is 1. The van der Waals surface area contributed by atoms with Crippen molar-refractivity contribution in [2.75, 3.05) is 31.1 Å². The predicted molar refractivity (Wildman–Crippen MR) is 75.5 cm³/mol. The van der Waals surface area contributed by atoms with Crippen LogP contribution in [0.1, 0.15) is 28.9 Å². The summed E-state index contributed by atoms with van der Waals surface area (Å²) in [5.41, 5.74) is 0. The Morgan fingerprint density at radius 3 is 2.95 bits per heavy atom. The predicted octanol–water partition coefficient (Wildman–Crippen LogP) is 2.17. The maximum absolute atomic E-state index is 11.0. The van der Waals surface area contributed by atoms with Crippen molar-refractivity contribution in [1.29, 1.82) is 0 Å². The Kier molecular flexibility index (Phi) is 3.64. The first kappa shape index (κ1) is 13.1. The minimum absolute atomic E-state index is 0.110. The van der Waals surface area contributed by atoms with Crippen molar-refractivity contribution in [3.05, 3.63) is 10.0 Å². The van der Waals surface area contributed by atoms with E-state index in [2.05, 4.69) is 14.8 Å². The lowest BCUT2D eigenvalue weighted by Gasteiger charge is -2.43. The number of piperazine rings is 1. The van der Waals surface area contributed by atoms with Gasteiger partial charge in [0.2, 0.25) is 0 Å². The topological polar surface area (TPSA) is 56.7 Å². The molecule has 5 nitrogen and oxygen atoms in total. The number of hydrogen-bond donors (Lipinski definition) is 1. The number of thiazole rings is 1. The zero-order valence-corrected chi connectivity index (χ0v) is 12.1. The van der Waals surface area contributed by atoms with Crippen LogP contribution < -0.4 is 4.90 Å². The minimum Gasteiger partial charge on any atom is -0.477 e. The molecule has 2 aliphatic heterocycles. The van der Waals surface area contributed by atoms with Gasteiger partial charge in [0.25, 0.3) is 0 Å². The first-order valence-corrected chi connectivity index (χ1v) is 7.73. The van der Waals surface area contributed by atoms with Crippen LogP contribution in [0, 0.1) is 0 Å². The first-order valence-electron chi connectivity index (χ1n) is 6.54. The van der Waals surface area contributed by atoms with Crippen LogP contribution >= 0.6 is 22.9 Å². The molecule has 3 heterocycles. The molecular weight excluding hydrogens is 286 g/mol. The highest BCUT2D eigenvalue weighted by molar-refractivity contribution is 7.18. The second-order valence-electron chi connectivity index (χ2n) is 5.05. The second kappa shape index (κ2) is 5.26. The molecule has 0 spiro atoms. The van der Waals surface area contributed by atoms with E-state index in [0.717, 1.165) is 24.8 Å². The quantitative estimate of drug-likeness (QED) is 0.907. The van der Waals surface area contributed by atoms with Crippen LogP contribution in [-0.4, -0.2) is 53.2 Å². The molecule has 1 aromatic heterocycles. The Hall–Kier alpha value is -0.850. The van der Waals surface area contributed by atoms with Crippen LogP contribution in [0.15, 0.2) is 0 Å². The summed E-state index contributed by atoms with van der Waals surface area (Å²) < 4.78 is 0. The summed E-state index contributed by atoms with van der Waals surface area (Å²) >= 11 is 7.06. The van der Waals surface area contributed by atoms with Crippen LogP contribution in [0.5, 0.6) is 0 Å². The van der Waals surface area contributed by atoms with Crippen molar-refractivity contribution in [3.8, 4) is 0 Å². The van der Waals surface area contributed by atoms with Crippen LogP contribution in [-0.2, 0) is 0 Å². The van der Waals surface area contributed by atoms with Crippen molar-refractivity contribution < 1.29 is 9.90 Å². The maximum atomic E-state index is 11.0. The lowest BCUT2D eigenvalue weighted by Crippen LogP contribution is -2.54. The fourth-order valence-corrected chi connectivity index (χ4v) is 4.05. The normalized spacial score (nSPS) is 24.3. The highest BCUT2D eigenvalue weighted by Gasteiger charge is 2.30. The number of aromatic nitrogens is 1. The van der Waals surface area contributed by atoms with E-state index in [1.54, 1.807) is 0 Å². The largest absolute Gasteiger partial charge is 0.477 e. The van der Waals surface area contributed by atoms with Crippen molar-refractivity contribution in [2.24, 2.45) is 0 Å². The van der Waals surface area contributed by atoms with Crippen LogP contribution in [0.2, 0.25) is 5.15 Å². The minimum atomic E-state index is -0.995. The number of anilines is 1. The van der Waals surface area contributed by atoms with Crippen LogP contribution in [0.4, 0.5) is 5.13 Å². The molecule has 0 saturated carbocycles. The molecule has 0 bridgehead atoms. The second-order valence-corrected chi connectivity index (χ2v) is 6.39. The number of carbonyl (C=O) groups is 1. The average Bonchev–Trinajstić information content (AvgIpc) is 2.80. The Bertz CT molecular complexity index is 493. The zero-order valence-electron chi connectivity index (χ0n) is 10.5. The van der Waals surface area contributed by atoms with E-state index < -0.39 is 5.97 Å². The number of piperidine rings is 1. The Labute approximate surface area is 120 Å². The summed E-state index contributed by atoms with van der Waals surface area (Å²) in [7, 11) is 0. The van der Waals surface area contributed by atoms with Crippen molar-refractivity contribution in [3.63, 3.8) is 0 Å². The SMILES string of the molecule is O=C(O)c1sc(N2CCN3CCCCC3C2)nc1Cl. The molecule has 7 heteroatoms. The van der Waals surface area contributed by atoms with Gasteiger partial charge in [-0.1, -0.05) is 29.4 Å². The zero-order chi connectivity index (χ0) is 13.4. The first-order chi connectivity index (χ1) is 9.15. The fraction of sp³-hybridized carbons (Fsp3) is 0.667. The van der Waals surface area contributed by atoms with E-state index in [0.29, 0.717) is 6.04 Å². The summed E-state index contributed by atoms with van der Waals surface area (Å²) in [6.07, 6.45) is 3.80. The summed E-state index contributed by atoms with van der Waals surface area (Å²) in [6, 6.07) is 0.582. The van der Waals surface area contributed by atoms with Gasteiger partial charge in [-0.05, 0) is 19.4 Å². The van der Waals surface area contributed by atoms with Gasteiger partial charge >= 0.3 is 5.97 Å². The average molecular weight is 302 g/mol. The number of rotatable bonds is 2. The van der Waals surface area contributed by atoms with Gasteiger partial charge < -0.3 is 10.0 Å². The van der Waals surface area contributed by atoms with E-state index in [1.807, 2.05) is 0 Å². The molecule has 0 aromatic carbocycles. The standard InChI is InChI=1S/C12H16ClN3O2S/c13-10-9(11(17)18)19-12(14-10)16-6-5-15-4-2-1-3-8(15)7-16/h8H,1-7H2,(H,17,18). The molecule has 19 heavy (non-hydrogen) atoms. The van der Waals surface area contributed by atoms with Gasteiger partial charge in [0.15, 0.2) is 15.2 Å². The molecule has 2 aliphatic rings. The maximum Gasteiger partial charge on any atom is 0.349 e. The van der Waals surface area contributed by atoms with Gasteiger partial charge in [-0.2, -0.15) is 0 Å². The number of nitrogens with zero attached hydrogens (tertiary/aromatic N) is 3. The van der Waals surface area contributed by atoms with Crippen LogP contribution in [0.3, 0.4) is 0 Å². The summed E-state index contributed by atoms with van der Waals surface area (Å²) in [5, 5.41) is 9.88. The van der Waals surface area contributed by atoms with Gasteiger partial charge in [0, 0.05) is 25.7 Å². The van der Waals surface area contributed by atoms with Gasteiger partial charge in [0.1, 0.15) is 0 Å². The molecule has 3 rings (SSSR count). The molecule has 1 atom stereocenters. The van der Waals surface area contributed by atoms with Crippen molar-refractivity contribution in [2.45, 2.75) is 25.3 Å². The molecule has 0 radical (unpaired) electrons. The van der Waals surface area contributed by atoms with Gasteiger partial charge in [-0.25, -0.2) is 9.78 Å². The number of carboxylic acids is 1. The van der Waals surface area contributed by atoms with Gasteiger partial charge in [-0.15, -0.1) is 0 Å². The Morgan fingerprint density at radius 1 is 1.37 bits per heavy atom. The van der Waals surface area contributed by atoms with Gasteiger partial charge in [0.05, 0.1) is 0 Å². The Morgan fingerprint density at radius 2 is 2.21 bits per heavy atom. The van der Waals surface area contributed by atoms with E-state index in [4.69, 9.17) is 16.7 Å². The molecule has 2 saturated heterocycles. The molecular formula is C12H16ClN3O2S. The molecule has 1 unspecified atom stereocenters. The smallest absolute Gasteiger partial charge is 0.349 e. The highest BCUT2D eigenvalue weighted by Crippen LogP contribution is 2.32. The summed E-state index contributed by atoms with van der Waals surface area (Å²) in [4.78, 5) is 20.1. The Balaban J connectivity index is 1.76. The third-order valence-electron chi connectivity index (χ3n) is 3.88. The molecule has 104 valence electrons. The lowest BCUT2D eigenvalue weighted by atomic mass is 10.00. The number of halogens is 1. The van der Waals surface area contributed by atoms with Crippen molar-refractivity contribution in [1.82, 2.24) is 9.88 Å². The van der Waals surface area contributed by atoms with Crippen molar-refractivity contribution >= 4 is 34.0 Å². The molecule has 0 amide bonds.